The quantitative estimate of drug-likeness (QED) is 0.826. The Hall–Kier alpha value is -2.50. The Labute approximate surface area is 151 Å². The van der Waals surface area contributed by atoms with E-state index in [2.05, 4.69) is 5.32 Å². The number of halogens is 3. The summed E-state index contributed by atoms with van der Waals surface area (Å²) in [5.41, 5.74) is 0.0430. The molecule has 0 unspecified atom stereocenters. The minimum absolute atomic E-state index is 0.185. The number of carbonyl (C=O) groups excluding carboxylic acids is 1. The summed E-state index contributed by atoms with van der Waals surface area (Å²) in [6.45, 7) is 3.84. The highest BCUT2D eigenvalue weighted by atomic mass is 19.4. The van der Waals surface area contributed by atoms with E-state index in [1.165, 1.54) is 6.07 Å². The molecule has 26 heavy (non-hydrogen) atoms. The highest BCUT2D eigenvalue weighted by Gasteiger charge is 2.32. The summed E-state index contributed by atoms with van der Waals surface area (Å²) in [6, 6.07) is 12.4. The van der Waals surface area contributed by atoms with Crippen LogP contribution in [-0.2, 0) is 22.8 Å². The van der Waals surface area contributed by atoms with Gasteiger partial charge in [-0.1, -0.05) is 44.2 Å². The van der Waals surface area contributed by atoms with Crippen LogP contribution in [0.2, 0.25) is 0 Å². The monoisotopic (exact) mass is 365 g/mol. The third kappa shape index (κ3) is 5.25. The third-order valence-electron chi connectivity index (χ3n) is 4.22. The van der Waals surface area contributed by atoms with Crippen LogP contribution in [-0.4, -0.2) is 19.6 Å². The second kappa shape index (κ2) is 7.81. The minimum Gasteiger partial charge on any atom is -0.497 e. The molecule has 2 aromatic rings. The molecule has 0 bridgehead atoms. The van der Waals surface area contributed by atoms with Gasteiger partial charge in [-0.3, -0.25) is 4.79 Å². The lowest BCUT2D eigenvalue weighted by molar-refractivity contribution is -0.137. The van der Waals surface area contributed by atoms with Crippen molar-refractivity contribution in [1.82, 2.24) is 5.32 Å². The van der Waals surface area contributed by atoms with E-state index in [0.29, 0.717) is 11.3 Å². The van der Waals surface area contributed by atoms with Gasteiger partial charge >= 0.3 is 6.18 Å². The second-order valence-corrected chi connectivity index (χ2v) is 6.76. The van der Waals surface area contributed by atoms with Crippen molar-refractivity contribution in [1.29, 1.82) is 0 Å². The molecule has 0 aliphatic heterocycles. The fourth-order valence-corrected chi connectivity index (χ4v) is 2.53. The van der Waals surface area contributed by atoms with Crippen molar-refractivity contribution in [3.8, 4) is 5.75 Å². The Morgan fingerprint density at radius 1 is 1.04 bits per heavy atom. The zero-order valence-electron chi connectivity index (χ0n) is 15.0. The van der Waals surface area contributed by atoms with Gasteiger partial charge in [0.25, 0.3) is 0 Å². The molecule has 2 aromatic carbocycles. The summed E-state index contributed by atoms with van der Waals surface area (Å²) in [5, 5.41) is 2.81. The molecule has 0 radical (unpaired) electrons. The Morgan fingerprint density at radius 3 is 2.23 bits per heavy atom. The van der Waals surface area contributed by atoms with Crippen LogP contribution in [0.25, 0.3) is 0 Å². The molecule has 1 amide bonds. The van der Waals surface area contributed by atoms with Crippen molar-refractivity contribution >= 4 is 5.91 Å². The van der Waals surface area contributed by atoms with Crippen molar-refractivity contribution in [2.75, 3.05) is 13.7 Å². The van der Waals surface area contributed by atoms with Crippen LogP contribution in [0.5, 0.6) is 5.75 Å². The number of ether oxygens (including phenoxy) is 1. The van der Waals surface area contributed by atoms with Gasteiger partial charge in [0.1, 0.15) is 5.75 Å². The van der Waals surface area contributed by atoms with Crippen molar-refractivity contribution in [3.63, 3.8) is 0 Å². The zero-order valence-corrected chi connectivity index (χ0v) is 15.0. The summed E-state index contributed by atoms with van der Waals surface area (Å²) in [5.74, 6) is 0.523. The van der Waals surface area contributed by atoms with Crippen LogP contribution in [0.4, 0.5) is 13.2 Å². The molecule has 0 saturated heterocycles. The summed E-state index contributed by atoms with van der Waals surface area (Å²) in [6.07, 6.45) is -4.19. The summed E-state index contributed by atoms with van der Waals surface area (Å²) in [4.78, 5) is 12.1. The van der Waals surface area contributed by atoms with E-state index in [4.69, 9.17) is 4.74 Å². The van der Waals surface area contributed by atoms with Gasteiger partial charge < -0.3 is 10.1 Å². The van der Waals surface area contributed by atoms with E-state index in [0.717, 1.165) is 17.7 Å². The Kier molecular flexibility index (Phi) is 5.95. The molecule has 0 aliphatic carbocycles. The number of alkyl halides is 3. The predicted octanol–water partition coefficient (Wildman–Crippen LogP) is 4.35. The van der Waals surface area contributed by atoms with Crippen molar-refractivity contribution in [2.24, 2.45) is 0 Å². The summed E-state index contributed by atoms with van der Waals surface area (Å²) in [7, 11) is 1.57. The number of benzene rings is 2. The van der Waals surface area contributed by atoms with Gasteiger partial charge in [-0.05, 0) is 29.3 Å². The van der Waals surface area contributed by atoms with Crippen LogP contribution in [0, 0.1) is 0 Å². The maximum absolute atomic E-state index is 12.9. The van der Waals surface area contributed by atoms with Gasteiger partial charge in [-0.2, -0.15) is 13.2 Å². The Morgan fingerprint density at radius 2 is 1.65 bits per heavy atom. The Bertz CT molecular complexity index is 752. The van der Waals surface area contributed by atoms with Crippen molar-refractivity contribution < 1.29 is 22.7 Å². The molecule has 0 aromatic heterocycles. The third-order valence-corrected chi connectivity index (χ3v) is 4.22. The highest BCUT2D eigenvalue weighted by molar-refractivity contribution is 5.78. The normalized spacial score (nSPS) is 11.9. The molecule has 2 rings (SSSR count). The first-order chi connectivity index (χ1) is 12.1. The molecule has 0 fully saturated rings. The fraction of sp³-hybridized carbons (Fsp3) is 0.350. The van der Waals surface area contributed by atoms with Crippen molar-refractivity contribution in [2.45, 2.75) is 31.9 Å². The van der Waals surface area contributed by atoms with E-state index >= 15 is 0 Å². The van der Waals surface area contributed by atoms with Gasteiger partial charge in [0.15, 0.2) is 0 Å². The average Bonchev–Trinajstić information content (AvgIpc) is 2.60. The number of carbonyl (C=O) groups is 1. The molecule has 3 nitrogen and oxygen atoms in total. The van der Waals surface area contributed by atoms with Crippen molar-refractivity contribution in [3.05, 3.63) is 65.2 Å². The molecule has 0 saturated carbocycles. The highest BCUT2D eigenvalue weighted by Crippen LogP contribution is 2.32. The lowest BCUT2D eigenvalue weighted by Crippen LogP contribution is -2.37. The van der Waals surface area contributed by atoms with E-state index in [1.54, 1.807) is 51.3 Å². The van der Waals surface area contributed by atoms with E-state index < -0.39 is 17.2 Å². The smallest absolute Gasteiger partial charge is 0.416 e. The molecule has 6 heteroatoms. The number of amides is 1. The second-order valence-electron chi connectivity index (χ2n) is 6.76. The first kappa shape index (κ1) is 19.8. The number of methoxy groups -OCH3 is 1. The van der Waals surface area contributed by atoms with E-state index in [-0.39, 0.29) is 18.9 Å². The average molecular weight is 365 g/mol. The number of nitrogens with one attached hydrogen (secondary N) is 1. The SMILES string of the molecule is COc1ccc(CC(=O)NCC(C)(C)c2cccc(C(F)(F)F)c2)cc1. The molecular weight excluding hydrogens is 343 g/mol. The summed E-state index contributed by atoms with van der Waals surface area (Å²) < 4.78 is 43.7. The molecule has 1 N–H and O–H groups in total. The maximum atomic E-state index is 12.9. The van der Waals surface area contributed by atoms with Gasteiger partial charge in [0, 0.05) is 12.0 Å². The van der Waals surface area contributed by atoms with Gasteiger partial charge in [0.05, 0.1) is 19.1 Å². The number of hydrogen-bond acceptors (Lipinski definition) is 2. The van der Waals surface area contributed by atoms with Crippen LogP contribution < -0.4 is 10.1 Å². The number of hydrogen-bond donors (Lipinski definition) is 1. The molecule has 0 atom stereocenters. The van der Waals surface area contributed by atoms with Crippen LogP contribution in [0.15, 0.2) is 48.5 Å². The van der Waals surface area contributed by atoms with Gasteiger partial charge in [-0.25, -0.2) is 0 Å². The molecular formula is C20H22F3NO2. The van der Waals surface area contributed by atoms with Crippen LogP contribution >= 0.6 is 0 Å². The van der Waals surface area contributed by atoms with E-state index in [1.807, 2.05) is 0 Å². The molecule has 140 valence electrons. The van der Waals surface area contributed by atoms with Crippen LogP contribution in [0.1, 0.15) is 30.5 Å². The topological polar surface area (TPSA) is 38.3 Å². The first-order valence-corrected chi connectivity index (χ1v) is 8.19. The standard InChI is InChI=1S/C20H22F3NO2/c1-19(2,15-5-4-6-16(12-15)20(21,22)23)13-24-18(25)11-14-7-9-17(26-3)10-8-14/h4-10,12H,11,13H2,1-3H3,(H,24,25). The Balaban J connectivity index is 1.99. The van der Waals surface area contributed by atoms with Gasteiger partial charge in [0.2, 0.25) is 5.91 Å². The number of rotatable bonds is 6. The lowest BCUT2D eigenvalue weighted by Gasteiger charge is -2.26. The predicted molar refractivity (Wildman–Crippen MR) is 94.2 cm³/mol. The maximum Gasteiger partial charge on any atom is 0.416 e. The zero-order chi connectivity index (χ0) is 19.4. The van der Waals surface area contributed by atoms with E-state index in [9.17, 15) is 18.0 Å². The van der Waals surface area contributed by atoms with Gasteiger partial charge in [-0.15, -0.1) is 0 Å². The minimum atomic E-state index is -4.39. The molecule has 0 spiro atoms. The molecule has 0 aliphatic rings. The largest absolute Gasteiger partial charge is 0.497 e. The summed E-state index contributed by atoms with van der Waals surface area (Å²) >= 11 is 0. The fourth-order valence-electron chi connectivity index (χ4n) is 2.53. The first-order valence-electron chi connectivity index (χ1n) is 8.19. The lowest BCUT2D eigenvalue weighted by atomic mass is 9.83. The molecule has 0 heterocycles. The van der Waals surface area contributed by atoms with Crippen LogP contribution in [0.3, 0.4) is 0 Å².